The minimum absolute atomic E-state index is 0.124. The number of hydrogen-bond acceptors (Lipinski definition) is 4. The third kappa shape index (κ3) is 1.95. The molecule has 0 saturated carbocycles. The maximum atomic E-state index is 11.5. The molecule has 0 spiro atoms. The van der Waals surface area contributed by atoms with Crippen molar-refractivity contribution in [1.29, 1.82) is 0 Å². The molecule has 1 fully saturated rings. The molecule has 1 aromatic carbocycles. The van der Waals surface area contributed by atoms with Crippen molar-refractivity contribution in [2.24, 2.45) is 5.73 Å². The number of nitrogens with zero attached hydrogens (tertiary/aromatic N) is 1. The molecule has 18 heavy (non-hydrogen) atoms. The van der Waals surface area contributed by atoms with Gasteiger partial charge < -0.3 is 20.7 Å². The molecule has 1 amide bonds. The molecule has 3 N–H and O–H groups in total. The van der Waals surface area contributed by atoms with Crippen LogP contribution in [0.2, 0.25) is 0 Å². The molecule has 5 nitrogen and oxygen atoms in total. The van der Waals surface area contributed by atoms with Crippen LogP contribution in [-0.4, -0.2) is 32.2 Å². The molecule has 0 bridgehead atoms. The van der Waals surface area contributed by atoms with Crippen LogP contribution in [0.4, 0.5) is 11.4 Å². The highest BCUT2D eigenvalue weighted by Gasteiger charge is 2.27. The van der Waals surface area contributed by atoms with Crippen molar-refractivity contribution in [3.05, 3.63) is 23.8 Å². The number of fused-ring (bicyclic) bond motifs is 1. The predicted molar refractivity (Wildman–Crippen MR) is 69.6 cm³/mol. The lowest BCUT2D eigenvalue weighted by atomic mass is 10.1. The molecule has 1 atom stereocenters. The maximum absolute atomic E-state index is 11.5. The topological polar surface area (TPSA) is 67.6 Å². The summed E-state index contributed by atoms with van der Waals surface area (Å²) < 4.78 is 5.44. The van der Waals surface area contributed by atoms with E-state index in [1.54, 1.807) is 0 Å². The van der Waals surface area contributed by atoms with Crippen molar-refractivity contribution in [3.63, 3.8) is 0 Å². The fourth-order valence-corrected chi connectivity index (χ4v) is 2.48. The van der Waals surface area contributed by atoms with Crippen LogP contribution in [-0.2, 0) is 9.53 Å². The molecular weight excluding hydrogens is 230 g/mol. The van der Waals surface area contributed by atoms with Gasteiger partial charge in [-0.25, -0.2) is 0 Å². The Kier molecular flexibility index (Phi) is 2.93. The number of nitrogens with two attached hydrogens (primary N) is 1. The van der Waals surface area contributed by atoms with E-state index in [4.69, 9.17) is 10.5 Å². The van der Waals surface area contributed by atoms with Gasteiger partial charge in [-0.15, -0.1) is 0 Å². The Morgan fingerprint density at radius 3 is 3.11 bits per heavy atom. The molecule has 0 radical (unpaired) electrons. The molecule has 96 valence electrons. The molecule has 1 saturated heterocycles. The average molecular weight is 247 g/mol. The molecule has 0 aromatic heterocycles. The van der Waals surface area contributed by atoms with Gasteiger partial charge in [0, 0.05) is 36.6 Å². The number of hydrogen-bond donors (Lipinski definition) is 2. The van der Waals surface area contributed by atoms with Crippen LogP contribution in [0, 0.1) is 0 Å². The quantitative estimate of drug-likeness (QED) is 0.772. The van der Waals surface area contributed by atoms with Crippen molar-refractivity contribution >= 4 is 17.3 Å². The van der Waals surface area contributed by atoms with Crippen LogP contribution < -0.4 is 16.0 Å². The number of nitrogens with one attached hydrogen (secondary N) is 1. The monoisotopic (exact) mass is 247 g/mol. The summed E-state index contributed by atoms with van der Waals surface area (Å²) >= 11 is 0. The Labute approximate surface area is 106 Å². The van der Waals surface area contributed by atoms with Gasteiger partial charge in [0.2, 0.25) is 5.91 Å². The zero-order valence-corrected chi connectivity index (χ0v) is 10.2. The zero-order chi connectivity index (χ0) is 12.5. The summed E-state index contributed by atoms with van der Waals surface area (Å²) in [4.78, 5) is 13.8. The summed E-state index contributed by atoms with van der Waals surface area (Å²) in [7, 11) is 0. The van der Waals surface area contributed by atoms with E-state index in [2.05, 4.69) is 10.2 Å². The van der Waals surface area contributed by atoms with Crippen molar-refractivity contribution in [3.8, 4) is 0 Å². The van der Waals surface area contributed by atoms with Crippen LogP contribution >= 0.6 is 0 Å². The van der Waals surface area contributed by atoms with Gasteiger partial charge in [-0.2, -0.15) is 0 Å². The molecule has 2 heterocycles. The highest BCUT2D eigenvalue weighted by atomic mass is 16.5. The first-order valence-corrected chi connectivity index (χ1v) is 6.29. The molecule has 2 aliphatic rings. The average Bonchev–Trinajstić information content (AvgIpc) is 2.61. The number of anilines is 2. The zero-order valence-electron chi connectivity index (χ0n) is 10.2. The van der Waals surface area contributed by atoms with Crippen LogP contribution in [0.3, 0.4) is 0 Å². The molecule has 0 aliphatic carbocycles. The maximum Gasteiger partial charge on any atom is 0.245 e. The summed E-state index contributed by atoms with van der Waals surface area (Å²) in [5.74, 6) is -0.124. The van der Waals surface area contributed by atoms with Crippen LogP contribution in [0.25, 0.3) is 0 Å². The minimum atomic E-state index is -0.526. The Morgan fingerprint density at radius 1 is 1.33 bits per heavy atom. The highest BCUT2D eigenvalue weighted by Crippen LogP contribution is 2.32. The van der Waals surface area contributed by atoms with Gasteiger partial charge in [0.15, 0.2) is 0 Å². The Morgan fingerprint density at radius 2 is 2.22 bits per heavy atom. The fraction of sp³-hybridized carbons (Fsp3) is 0.462. The summed E-state index contributed by atoms with van der Waals surface area (Å²) in [6.45, 7) is 3.45. The molecule has 1 aromatic rings. The summed E-state index contributed by atoms with van der Waals surface area (Å²) in [5, 5.41) is 2.82. The van der Waals surface area contributed by atoms with Gasteiger partial charge in [-0.3, -0.25) is 4.79 Å². The highest BCUT2D eigenvalue weighted by molar-refractivity contribution is 6.02. The number of carbonyl (C=O) groups is 1. The van der Waals surface area contributed by atoms with E-state index < -0.39 is 6.04 Å². The number of rotatable bonds is 1. The van der Waals surface area contributed by atoms with E-state index in [0.29, 0.717) is 0 Å². The minimum Gasteiger partial charge on any atom is -0.380 e. The SMILES string of the molecule is NC1C(=O)Nc2cc(N3CCCOCC3)ccc21. The smallest absolute Gasteiger partial charge is 0.245 e. The summed E-state index contributed by atoms with van der Waals surface area (Å²) in [6.07, 6.45) is 1.03. The molecule has 1 unspecified atom stereocenters. The summed E-state index contributed by atoms with van der Waals surface area (Å²) in [6, 6.07) is 5.45. The lowest BCUT2D eigenvalue weighted by molar-refractivity contribution is -0.116. The Hall–Kier alpha value is -1.59. The van der Waals surface area contributed by atoms with Crippen molar-refractivity contribution in [2.75, 3.05) is 36.5 Å². The fourth-order valence-electron chi connectivity index (χ4n) is 2.48. The van der Waals surface area contributed by atoms with Gasteiger partial charge in [-0.05, 0) is 18.6 Å². The predicted octanol–water partition coefficient (Wildman–Crippen LogP) is 0.865. The van der Waals surface area contributed by atoms with Gasteiger partial charge >= 0.3 is 0 Å². The second kappa shape index (κ2) is 4.59. The second-order valence-corrected chi connectivity index (χ2v) is 4.69. The first-order valence-electron chi connectivity index (χ1n) is 6.29. The third-order valence-corrected chi connectivity index (χ3v) is 3.50. The van der Waals surface area contributed by atoms with E-state index in [1.807, 2.05) is 18.2 Å². The lowest BCUT2D eigenvalue weighted by Gasteiger charge is -2.22. The first-order chi connectivity index (χ1) is 8.75. The Bertz CT molecular complexity index is 467. The molecule has 2 aliphatic heterocycles. The first kappa shape index (κ1) is 11.5. The van der Waals surface area contributed by atoms with Crippen molar-refractivity contribution < 1.29 is 9.53 Å². The van der Waals surface area contributed by atoms with Gasteiger partial charge in [0.25, 0.3) is 0 Å². The standard InChI is InChI=1S/C13H17N3O2/c14-12-10-3-2-9(8-11(10)15-13(12)17)16-4-1-6-18-7-5-16/h2-3,8,12H,1,4-7,14H2,(H,15,17). The van der Waals surface area contributed by atoms with Crippen molar-refractivity contribution in [2.45, 2.75) is 12.5 Å². The lowest BCUT2D eigenvalue weighted by Crippen LogP contribution is -2.25. The van der Waals surface area contributed by atoms with E-state index in [0.717, 1.165) is 49.7 Å². The normalized spacial score (nSPS) is 23.5. The van der Waals surface area contributed by atoms with E-state index >= 15 is 0 Å². The van der Waals surface area contributed by atoms with Gasteiger partial charge in [0.05, 0.1) is 6.61 Å². The summed E-state index contributed by atoms with van der Waals surface area (Å²) in [5.41, 5.74) is 8.64. The number of carbonyl (C=O) groups excluding carboxylic acids is 1. The number of amides is 1. The van der Waals surface area contributed by atoms with Crippen LogP contribution in [0.15, 0.2) is 18.2 Å². The molecule has 5 heteroatoms. The van der Waals surface area contributed by atoms with Gasteiger partial charge in [0.1, 0.15) is 6.04 Å². The van der Waals surface area contributed by atoms with E-state index in [1.165, 1.54) is 0 Å². The molecule has 3 rings (SSSR count). The van der Waals surface area contributed by atoms with E-state index in [-0.39, 0.29) is 5.91 Å². The van der Waals surface area contributed by atoms with E-state index in [9.17, 15) is 4.79 Å². The van der Waals surface area contributed by atoms with Gasteiger partial charge in [-0.1, -0.05) is 6.07 Å². The second-order valence-electron chi connectivity index (χ2n) is 4.69. The number of ether oxygens (including phenoxy) is 1. The van der Waals surface area contributed by atoms with Crippen molar-refractivity contribution in [1.82, 2.24) is 0 Å². The van der Waals surface area contributed by atoms with Crippen LogP contribution in [0.1, 0.15) is 18.0 Å². The third-order valence-electron chi connectivity index (χ3n) is 3.50. The largest absolute Gasteiger partial charge is 0.380 e. The molecular formula is C13H17N3O2. The Balaban J connectivity index is 1.86. The van der Waals surface area contributed by atoms with Crippen LogP contribution in [0.5, 0.6) is 0 Å². The number of benzene rings is 1.